The molecular formula is C11H15NO4S. The standard InChI is InChI=1S/C11H15NO4S/c1-9(13)16-8-7-10-5-3-4-6-11(10)17(14,15)12-2/h3-6,12H,7-8H2,1-2H3. The highest BCUT2D eigenvalue weighted by Gasteiger charge is 2.15. The molecule has 0 amide bonds. The lowest BCUT2D eigenvalue weighted by molar-refractivity contribution is -0.140. The van der Waals surface area contributed by atoms with E-state index in [1.807, 2.05) is 0 Å². The summed E-state index contributed by atoms with van der Waals surface area (Å²) in [6.45, 7) is 1.49. The largest absolute Gasteiger partial charge is 0.466 e. The highest BCUT2D eigenvalue weighted by atomic mass is 32.2. The van der Waals surface area contributed by atoms with Gasteiger partial charge in [-0.25, -0.2) is 13.1 Å². The first-order valence-corrected chi connectivity index (χ1v) is 6.60. The van der Waals surface area contributed by atoms with Crippen molar-refractivity contribution in [3.8, 4) is 0 Å². The number of ether oxygens (including phenoxy) is 1. The average molecular weight is 257 g/mol. The van der Waals surface area contributed by atoms with Gasteiger partial charge in [0.15, 0.2) is 0 Å². The third kappa shape index (κ3) is 3.83. The minimum atomic E-state index is -3.47. The Morgan fingerprint density at radius 1 is 1.35 bits per heavy atom. The molecule has 1 aromatic carbocycles. The van der Waals surface area contributed by atoms with Crippen LogP contribution in [0.2, 0.25) is 0 Å². The van der Waals surface area contributed by atoms with Crippen LogP contribution in [-0.4, -0.2) is 28.0 Å². The van der Waals surface area contributed by atoms with Crippen LogP contribution in [0.4, 0.5) is 0 Å². The van der Waals surface area contributed by atoms with Gasteiger partial charge in [-0.1, -0.05) is 18.2 Å². The summed E-state index contributed by atoms with van der Waals surface area (Å²) in [5, 5.41) is 0. The van der Waals surface area contributed by atoms with E-state index >= 15 is 0 Å². The molecule has 0 saturated carbocycles. The number of hydrogen-bond acceptors (Lipinski definition) is 4. The normalized spacial score (nSPS) is 11.2. The predicted molar refractivity (Wildman–Crippen MR) is 63.0 cm³/mol. The minimum Gasteiger partial charge on any atom is -0.466 e. The summed E-state index contributed by atoms with van der Waals surface area (Å²) in [4.78, 5) is 10.8. The van der Waals surface area contributed by atoms with Crippen LogP contribution in [0, 0.1) is 0 Å². The number of carbonyl (C=O) groups is 1. The van der Waals surface area contributed by atoms with E-state index < -0.39 is 10.0 Å². The van der Waals surface area contributed by atoms with E-state index in [9.17, 15) is 13.2 Å². The summed E-state index contributed by atoms with van der Waals surface area (Å²) in [6, 6.07) is 6.62. The Hall–Kier alpha value is -1.40. The lowest BCUT2D eigenvalue weighted by Gasteiger charge is -2.09. The molecule has 0 radical (unpaired) electrons. The molecule has 0 fully saturated rings. The zero-order valence-corrected chi connectivity index (χ0v) is 10.6. The zero-order chi connectivity index (χ0) is 12.9. The van der Waals surface area contributed by atoms with Crippen LogP contribution in [0.5, 0.6) is 0 Å². The number of benzene rings is 1. The second kappa shape index (κ2) is 5.79. The molecule has 1 rings (SSSR count). The van der Waals surface area contributed by atoms with Crippen molar-refractivity contribution in [2.75, 3.05) is 13.7 Å². The smallest absolute Gasteiger partial charge is 0.302 e. The van der Waals surface area contributed by atoms with Crippen molar-refractivity contribution in [1.29, 1.82) is 0 Å². The second-order valence-electron chi connectivity index (χ2n) is 3.41. The first-order chi connectivity index (χ1) is 7.97. The van der Waals surface area contributed by atoms with Gasteiger partial charge in [0, 0.05) is 13.3 Å². The molecule has 6 heteroatoms. The Bertz CT molecular complexity index is 496. The number of hydrogen-bond donors (Lipinski definition) is 1. The monoisotopic (exact) mass is 257 g/mol. The fourth-order valence-corrected chi connectivity index (χ4v) is 2.38. The van der Waals surface area contributed by atoms with Crippen LogP contribution in [0.3, 0.4) is 0 Å². The Morgan fingerprint density at radius 3 is 2.59 bits per heavy atom. The van der Waals surface area contributed by atoms with Crippen molar-refractivity contribution in [1.82, 2.24) is 4.72 Å². The molecule has 0 aromatic heterocycles. The Labute approximate surface area is 101 Å². The van der Waals surface area contributed by atoms with Crippen LogP contribution in [0.1, 0.15) is 12.5 Å². The third-order valence-electron chi connectivity index (χ3n) is 2.21. The van der Waals surface area contributed by atoms with Gasteiger partial charge in [-0.2, -0.15) is 0 Å². The van der Waals surface area contributed by atoms with Crippen LogP contribution in [-0.2, 0) is 26.0 Å². The maximum absolute atomic E-state index is 11.7. The summed E-state index contributed by atoms with van der Waals surface area (Å²) >= 11 is 0. The SMILES string of the molecule is CNS(=O)(=O)c1ccccc1CCOC(C)=O. The molecule has 0 atom stereocenters. The van der Waals surface area contributed by atoms with Crippen LogP contribution in [0.15, 0.2) is 29.2 Å². The van der Waals surface area contributed by atoms with Crippen LogP contribution in [0.25, 0.3) is 0 Å². The van der Waals surface area contributed by atoms with E-state index in [2.05, 4.69) is 4.72 Å². The van der Waals surface area contributed by atoms with Gasteiger partial charge in [0.1, 0.15) is 0 Å². The molecule has 0 aliphatic heterocycles. The molecule has 5 nitrogen and oxygen atoms in total. The third-order valence-corrected chi connectivity index (χ3v) is 3.72. The lowest BCUT2D eigenvalue weighted by Crippen LogP contribution is -2.20. The van der Waals surface area contributed by atoms with Crippen molar-refractivity contribution in [3.63, 3.8) is 0 Å². The number of rotatable bonds is 5. The molecule has 1 N–H and O–H groups in total. The molecule has 0 aliphatic rings. The molecule has 17 heavy (non-hydrogen) atoms. The van der Waals surface area contributed by atoms with Gasteiger partial charge in [0.2, 0.25) is 10.0 Å². The number of sulfonamides is 1. The van der Waals surface area contributed by atoms with E-state index in [-0.39, 0.29) is 17.5 Å². The molecule has 0 heterocycles. The van der Waals surface area contributed by atoms with E-state index in [4.69, 9.17) is 4.74 Å². The number of esters is 1. The highest BCUT2D eigenvalue weighted by molar-refractivity contribution is 7.89. The summed E-state index contributed by atoms with van der Waals surface area (Å²) in [7, 11) is -2.11. The summed E-state index contributed by atoms with van der Waals surface area (Å²) < 4.78 is 30.5. The molecule has 0 bridgehead atoms. The Balaban J connectivity index is 2.89. The van der Waals surface area contributed by atoms with Crippen molar-refractivity contribution in [2.45, 2.75) is 18.2 Å². The van der Waals surface area contributed by atoms with Crippen LogP contribution < -0.4 is 4.72 Å². The summed E-state index contributed by atoms with van der Waals surface area (Å²) in [5.41, 5.74) is 0.628. The van der Waals surface area contributed by atoms with E-state index in [1.54, 1.807) is 18.2 Å². The van der Waals surface area contributed by atoms with Gasteiger partial charge < -0.3 is 4.74 Å². The van der Waals surface area contributed by atoms with E-state index in [0.717, 1.165) is 0 Å². The summed E-state index contributed by atoms with van der Waals surface area (Å²) in [6.07, 6.45) is 0.372. The average Bonchev–Trinajstić information content (AvgIpc) is 2.29. The fourth-order valence-electron chi connectivity index (χ4n) is 1.39. The van der Waals surface area contributed by atoms with Gasteiger partial charge >= 0.3 is 5.97 Å². The highest BCUT2D eigenvalue weighted by Crippen LogP contribution is 2.15. The van der Waals surface area contributed by atoms with Crippen LogP contribution >= 0.6 is 0 Å². The predicted octanol–water partition coefficient (Wildman–Crippen LogP) is 0.700. The van der Waals surface area contributed by atoms with E-state index in [1.165, 1.54) is 20.0 Å². The van der Waals surface area contributed by atoms with E-state index in [0.29, 0.717) is 12.0 Å². The maximum Gasteiger partial charge on any atom is 0.302 e. The molecule has 0 spiro atoms. The molecule has 94 valence electrons. The lowest BCUT2D eigenvalue weighted by atomic mass is 10.2. The maximum atomic E-state index is 11.7. The Kier molecular flexibility index (Phi) is 4.65. The first kappa shape index (κ1) is 13.7. The molecule has 1 aromatic rings. The molecular weight excluding hydrogens is 242 g/mol. The molecule has 0 saturated heterocycles. The fraction of sp³-hybridized carbons (Fsp3) is 0.364. The molecule has 0 aliphatic carbocycles. The Morgan fingerprint density at radius 2 is 2.00 bits per heavy atom. The summed E-state index contributed by atoms with van der Waals surface area (Å²) in [5.74, 6) is -0.376. The quantitative estimate of drug-likeness (QED) is 0.788. The van der Waals surface area contributed by atoms with Crippen molar-refractivity contribution in [3.05, 3.63) is 29.8 Å². The topological polar surface area (TPSA) is 72.5 Å². The van der Waals surface area contributed by atoms with Gasteiger partial charge in [0.25, 0.3) is 0 Å². The number of nitrogens with one attached hydrogen (secondary N) is 1. The second-order valence-corrected chi connectivity index (χ2v) is 5.26. The van der Waals surface area contributed by atoms with Gasteiger partial charge in [0.05, 0.1) is 11.5 Å². The minimum absolute atomic E-state index is 0.172. The van der Waals surface area contributed by atoms with Crippen molar-refractivity contribution in [2.24, 2.45) is 0 Å². The van der Waals surface area contributed by atoms with Crippen molar-refractivity contribution >= 4 is 16.0 Å². The zero-order valence-electron chi connectivity index (χ0n) is 9.76. The number of carbonyl (C=O) groups excluding carboxylic acids is 1. The molecule has 0 unspecified atom stereocenters. The van der Waals surface area contributed by atoms with Gasteiger partial charge in [-0.05, 0) is 18.7 Å². The van der Waals surface area contributed by atoms with Gasteiger partial charge in [-0.3, -0.25) is 4.79 Å². The first-order valence-electron chi connectivity index (χ1n) is 5.12. The van der Waals surface area contributed by atoms with Gasteiger partial charge in [-0.15, -0.1) is 0 Å². The van der Waals surface area contributed by atoms with Crippen molar-refractivity contribution < 1.29 is 17.9 Å².